The van der Waals surface area contributed by atoms with E-state index in [-0.39, 0.29) is 23.5 Å². The van der Waals surface area contributed by atoms with Gasteiger partial charge in [-0.2, -0.15) is 0 Å². The molecule has 0 spiro atoms. The van der Waals surface area contributed by atoms with Gasteiger partial charge in [0.05, 0.1) is 5.75 Å². The summed E-state index contributed by atoms with van der Waals surface area (Å²) in [6.07, 6.45) is 5.30. The van der Waals surface area contributed by atoms with Gasteiger partial charge in [0.15, 0.2) is 11.0 Å². The molecular formula is C20H20N6O2S. The van der Waals surface area contributed by atoms with Gasteiger partial charge in [0.2, 0.25) is 11.8 Å². The fourth-order valence-electron chi connectivity index (χ4n) is 2.78. The molecule has 8 nitrogen and oxygen atoms in total. The molecule has 2 amide bonds. The molecular weight excluding hydrogens is 388 g/mol. The molecule has 0 bridgehead atoms. The molecule has 3 aromatic rings. The number of rotatable bonds is 7. The second kappa shape index (κ2) is 8.44. The Morgan fingerprint density at radius 1 is 1.10 bits per heavy atom. The van der Waals surface area contributed by atoms with Crippen LogP contribution in [0.1, 0.15) is 12.8 Å². The summed E-state index contributed by atoms with van der Waals surface area (Å²) in [6.45, 7) is 0. The normalized spacial score (nSPS) is 13.1. The Balaban J connectivity index is 1.34. The summed E-state index contributed by atoms with van der Waals surface area (Å²) in [5.74, 6) is 0.925. The highest BCUT2D eigenvalue weighted by molar-refractivity contribution is 7.99. The smallest absolute Gasteiger partial charge is 0.234 e. The molecule has 2 N–H and O–H groups in total. The van der Waals surface area contributed by atoms with Crippen LogP contribution >= 0.6 is 11.8 Å². The topological polar surface area (TPSA) is 102 Å². The molecule has 1 saturated carbocycles. The van der Waals surface area contributed by atoms with Crippen molar-refractivity contribution in [3.63, 3.8) is 0 Å². The van der Waals surface area contributed by atoms with Crippen LogP contribution in [0.25, 0.3) is 11.4 Å². The van der Waals surface area contributed by atoms with E-state index in [1.807, 2.05) is 29.8 Å². The van der Waals surface area contributed by atoms with Crippen molar-refractivity contribution < 1.29 is 9.59 Å². The van der Waals surface area contributed by atoms with Crippen molar-refractivity contribution in [2.75, 3.05) is 16.4 Å². The SMILES string of the molecule is Cn1c(SCC(=O)Nc2cccc(NC(=O)C3CC3)c2)nnc1-c1ccncc1. The van der Waals surface area contributed by atoms with Crippen molar-refractivity contribution >= 4 is 35.0 Å². The number of nitrogens with one attached hydrogen (secondary N) is 2. The summed E-state index contributed by atoms with van der Waals surface area (Å²) in [5.41, 5.74) is 2.23. The number of carbonyl (C=O) groups is 2. The first-order chi connectivity index (χ1) is 14.1. The van der Waals surface area contributed by atoms with Crippen LogP contribution in [0.15, 0.2) is 53.9 Å². The third kappa shape index (κ3) is 4.80. The van der Waals surface area contributed by atoms with Gasteiger partial charge in [-0.05, 0) is 43.2 Å². The number of benzene rings is 1. The first kappa shape index (κ1) is 19.1. The van der Waals surface area contributed by atoms with Gasteiger partial charge in [-0.1, -0.05) is 17.8 Å². The maximum absolute atomic E-state index is 12.3. The summed E-state index contributed by atoms with van der Waals surface area (Å²) in [5, 5.41) is 14.7. The first-order valence-electron chi connectivity index (χ1n) is 9.23. The number of pyridine rings is 1. The molecule has 0 aliphatic heterocycles. The van der Waals surface area contributed by atoms with Crippen molar-refractivity contribution in [1.82, 2.24) is 19.7 Å². The van der Waals surface area contributed by atoms with Crippen molar-refractivity contribution in [1.29, 1.82) is 0 Å². The fourth-order valence-corrected chi connectivity index (χ4v) is 3.50. The minimum Gasteiger partial charge on any atom is -0.326 e. The molecule has 0 saturated heterocycles. The number of aromatic nitrogens is 4. The highest BCUT2D eigenvalue weighted by Crippen LogP contribution is 2.30. The van der Waals surface area contributed by atoms with Crippen LogP contribution in [-0.2, 0) is 16.6 Å². The zero-order chi connectivity index (χ0) is 20.2. The summed E-state index contributed by atoms with van der Waals surface area (Å²) < 4.78 is 1.85. The lowest BCUT2D eigenvalue weighted by molar-refractivity contribution is -0.117. The van der Waals surface area contributed by atoms with Gasteiger partial charge in [-0.3, -0.25) is 14.6 Å². The maximum Gasteiger partial charge on any atom is 0.234 e. The van der Waals surface area contributed by atoms with Crippen LogP contribution in [0.5, 0.6) is 0 Å². The molecule has 1 aromatic carbocycles. The molecule has 29 heavy (non-hydrogen) atoms. The second-order valence-electron chi connectivity index (χ2n) is 6.78. The zero-order valence-electron chi connectivity index (χ0n) is 15.8. The zero-order valence-corrected chi connectivity index (χ0v) is 16.6. The lowest BCUT2D eigenvalue weighted by Crippen LogP contribution is -2.16. The predicted molar refractivity (Wildman–Crippen MR) is 111 cm³/mol. The molecule has 2 heterocycles. The number of nitrogens with zero attached hydrogens (tertiary/aromatic N) is 4. The highest BCUT2D eigenvalue weighted by Gasteiger charge is 2.29. The molecule has 4 rings (SSSR count). The van der Waals surface area contributed by atoms with E-state index >= 15 is 0 Å². The average molecular weight is 408 g/mol. The van der Waals surface area contributed by atoms with E-state index in [0.717, 1.165) is 24.2 Å². The van der Waals surface area contributed by atoms with Crippen molar-refractivity contribution in [3.8, 4) is 11.4 Å². The van der Waals surface area contributed by atoms with Gasteiger partial charge < -0.3 is 15.2 Å². The summed E-state index contributed by atoms with van der Waals surface area (Å²) >= 11 is 1.31. The molecule has 9 heteroatoms. The summed E-state index contributed by atoms with van der Waals surface area (Å²) in [7, 11) is 1.86. The summed E-state index contributed by atoms with van der Waals surface area (Å²) in [6, 6.07) is 10.9. The molecule has 148 valence electrons. The van der Waals surface area contributed by atoms with Crippen LogP contribution in [0.4, 0.5) is 11.4 Å². The Morgan fingerprint density at radius 3 is 2.55 bits per heavy atom. The van der Waals surface area contributed by atoms with E-state index in [1.165, 1.54) is 11.8 Å². The third-order valence-electron chi connectivity index (χ3n) is 4.47. The number of anilines is 2. The largest absolute Gasteiger partial charge is 0.326 e. The third-order valence-corrected chi connectivity index (χ3v) is 5.49. The predicted octanol–water partition coefficient (Wildman–Crippen LogP) is 2.96. The molecule has 1 aliphatic rings. The second-order valence-corrected chi connectivity index (χ2v) is 7.72. The Kier molecular flexibility index (Phi) is 5.57. The number of hydrogen-bond acceptors (Lipinski definition) is 6. The van der Waals surface area contributed by atoms with Crippen molar-refractivity contribution in [2.24, 2.45) is 13.0 Å². The number of amides is 2. The Hall–Kier alpha value is -3.20. The van der Waals surface area contributed by atoms with Crippen LogP contribution in [0, 0.1) is 5.92 Å². The van der Waals surface area contributed by atoms with E-state index in [9.17, 15) is 9.59 Å². The minimum atomic E-state index is -0.158. The Morgan fingerprint density at radius 2 is 1.83 bits per heavy atom. The van der Waals surface area contributed by atoms with Crippen LogP contribution < -0.4 is 10.6 Å². The van der Waals surface area contributed by atoms with Gasteiger partial charge in [0.1, 0.15) is 0 Å². The van der Waals surface area contributed by atoms with E-state index in [1.54, 1.807) is 30.6 Å². The number of hydrogen-bond donors (Lipinski definition) is 2. The van der Waals surface area contributed by atoms with Crippen molar-refractivity contribution in [3.05, 3.63) is 48.8 Å². The molecule has 1 fully saturated rings. The average Bonchev–Trinajstić information content (AvgIpc) is 3.51. The van der Waals surface area contributed by atoms with E-state index < -0.39 is 0 Å². The molecule has 0 atom stereocenters. The minimum absolute atomic E-state index is 0.0383. The van der Waals surface area contributed by atoms with Gasteiger partial charge >= 0.3 is 0 Å². The van der Waals surface area contributed by atoms with Gasteiger partial charge in [-0.25, -0.2) is 0 Å². The summed E-state index contributed by atoms with van der Waals surface area (Å²) in [4.78, 5) is 28.2. The van der Waals surface area contributed by atoms with Crippen molar-refractivity contribution in [2.45, 2.75) is 18.0 Å². The van der Waals surface area contributed by atoms with Gasteiger partial charge in [0, 0.05) is 42.3 Å². The molecule has 1 aliphatic carbocycles. The van der Waals surface area contributed by atoms with E-state index in [0.29, 0.717) is 16.5 Å². The van der Waals surface area contributed by atoms with Crippen LogP contribution in [-0.4, -0.2) is 37.3 Å². The molecule has 0 radical (unpaired) electrons. The fraction of sp³-hybridized carbons (Fsp3) is 0.250. The van der Waals surface area contributed by atoms with Crippen LogP contribution in [0.3, 0.4) is 0 Å². The van der Waals surface area contributed by atoms with E-state index in [2.05, 4.69) is 25.8 Å². The van der Waals surface area contributed by atoms with Gasteiger partial charge in [0.25, 0.3) is 0 Å². The van der Waals surface area contributed by atoms with E-state index in [4.69, 9.17) is 0 Å². The monoisotopic (exact) mass is 408 g/mol. The quantitative estimate of drug-likeness (QED) is 0.583. The Labute approximate surface area is 172 Å². The molecule has 0 unspecified atom stereocenters. The number of carbonyl (C=O) groups excluding carboxylic acids is 2. The highest BCUT2D eigenvalue weighted by atomic mass is 32.2. The van der Waals surface area contributed by atoms with Gasteiger partial charge in [-0.15, -0.1) is 10.2 Å². The first-order valence-corrected chi connectivity index (χ1v) is 10.2. The molecule has 2 aromatic heterocycles. The Bertz CT molecular complexity index is 1030. The van der Waals surface area contributed by atoms with Crippen LogP contribution in [0.2, 0.25) is 0 Å². The lowest BCUT2D eigenvalue weighted by Gasteiger charge is -2.08. The standard InChI is InChI=1S/C20H20N6O2S/c1-26-18(13-7-9-21-10-8-13)24-25-20(26)29-12-17(27)22-15-3-2-4-16(11-15)23-19(28)14-5-6-14/h2-4,7-11,14H,5-6,12H2,1H3,(H,22,27)(H,23,28). The maximum atomic E-state index is 12.3. The number of thioether (sulfide) groups is 1. The lowest BCUT2D eigenvalue weighted by atomic mass is 10.2.